The minimum atomic E-state index is -0.591. The number of fused-ring (bicyclic) bond motifs is 1. The highest BCUT2D eigenvalue weighted by molar-refractivity contribution is 5.09. The standard InChI is InChI=1S/C10H16O2/c11-9-5-3-7-10(12)6-2-1-4-8(9)10/h3,5,8-9,11-12H,1-2,4,6-7H2/t8-,9-,10+/m1/s1. The summed E-state index contributed by atoms with van der Waals surface area (Å²) in [6, 6.07) is 0. The third-order valence-electron chi connectivity index (χ3n) is 3.28. The Kier molecular flexibility index (Phi) is 1.97. The minimum Gasteiger partial charge on any atom is -0.389 e. The topological polar surface area (TPSA) is 40.5 Å². The number of rotatable bonds is 0. The fourth-order valence-electron chi connectivity index (χ4n) is 2.54. The van der Waals surface area contributed by atoms with Gasteiger partial charge in [0.25, 0.3) is 0 Å². The third-order valence-corrected chi connectivity index (χ3v) is 3.28. The first-order valence-electron chi connectivity index (χ1n) is 4.79. The number of aliphatic hydroxyl groups excluding tert-OH is 1. The summed E-state index contributed by atoms with van der Waals surface area (Å²) in [5, 5.41) is 19.8. The molecule has 2 nitrogen and oxygen atoms in total. The summed E-state index contributed by atoms with van der Waals surface area (Å²) in [6.45, 7) is 0. The monoisotopic (exact) mass is 168 g/mol. The van der Waals surface area contributed by atoms with E-state index in [0.29, 0.717) is 0 Å². The van der Waals surface area contributed by atoms with Gasteiger partial charge in [0.05, 0.1) is 11.7 Å². The van der Waals surface area contributed by atoms with Crippen LogP contribution in [0.2, 0.25) is 0 Å². The zero-order valence-electron chi connectivity index (χ0n) is 7.24. The second-order valence-electron chi connectivity index (χ2n) is 4.08. The molecule has 12 heavy (non-hydrogen) atoms. The molecule has 68 valence electrons. The lowest BCUT2D eigenvalue weighted by molar-refractivity contribution is -0.0883. The smallest absolute Gasteiger partial charge is 0.0776 e. The summed E-state index contributed by atoms with van der Waals surface area (Å²) in [4.78, 5) is 0. The van der Waals surface area contributed by atoms with Crippen LogP contribution in [0.4, 0.5) is 0 Å². The predicted molar refractivity (Wildman–Crippen MR) is 46.7 cm³/mol. The fourth-order valence-corrected chi connectivity index (χ4v) is 2.54. The van der Waals surface area contributed by atoms with Gasteiger partial charge in [-0.2, -0.15) is 0 Å². The molecular formula is C10H16O2. The van der Waals surface area contributed by atoms with Gasteiger partial charge in [-0.05, 0) is 19.3 Å². The Hall–Kier alpha value is -0.340. The molecular weight excluding hydrogens is 152 g/mol. The van der Waals surface area contributed by atoms with Crippen LogP contribution in [-0.4, -0.2) is 21.9 Å². The second kappa shape index (κ2) is 2.86. The van der Waals surface area contributed by atoms with Crippen LogP contribution in [0, 0.1) is 5.92 Å². The lowest BCUT2D eigenvalue weighted by Crippen LogP contribution is -2.47. The molecule has 2 heteroatoms. The van der Waals surface area contributed by atoms with E-state index in [1.165, 1.54) is 0 Å². The van der Waals surface area contributed by atoms with Gasteiger partial charge < -0.3 is 10.2 Å². The van der Waals surface area contributed by atoms with Crippen molar-refractivity contribution in [1.29, 1.82) is 0 Å². The molecule has 1 fully saturated rings. The van der Waals surface area contributed by atoms with Gasteiger partial charge in [-0.25, -0.2) is 0 Å². The molecule has 3 atom stereocenters. The maximum atomic E-state index is 10.2. The lowest BCUT2D eigenvalue weighted by Gasteiger charge is -2.43. The van der Waals surface area contributed by atoms with E-state index in [9.17, 15) is 10.2 Å². The molecule has 0 spiro atoms. The summed E-state index contributed by atoms with van der Waals surface area (Å²) in [5.41, 5.74) is -0.591. The summed E-state index contributed by atoms with van der Waals surface area (Å²) in [7, 11) is 0. The molecule has 2 rings (SSSR count). The van der Waals surface area contributed by atoms with Crippen LogP contribution in [0.5, 0.6) is 0 Å². The van der Waals surface area contributed by atoms with Crippen molar-refractivity contribution in [1.82, 2.24) is 0 Å². The van der Waals surface area contributed by atoms with E-state index in [1.807, 2.05) is 12.2 Å². The first kappa shape index (κ1) is 8.27. The normalized spacial score (nSPS) is 47.2. The van der Waals surface area contributed by atoms with Gasteiger partial charge in [-0.15, -0.1) is 0 Å². The summed E-state index contributed by atoms with van der Waals surface area (Å²) < 4.78 is 0. The highest BCUT2D eigenvalue weighted by Crippen LogP contribution is 2.41. The molecule has 0 saturated heterocycles. The van der Waals surface area contributed by atoms with Gasteiger partial charge in [0.15, 0.2) is 0 Å². The number of hydrogen-bond acceptors (Lipinski definition) is 2. The predicted octanol–water partition coefficient (Wildman–Crippen LogP) is 1.23. The number of aliphatic hydroxyl groups is 2. The van der Waals surface area contributed by atoms with E-state index in [4.69, 9.17) is 0 Å². The van der Waals surface area contributed by atoms with Crippen LogP contribution in [0.15, 0.2) is 12.2 Å². The Morgan fingerprint density at radius 3 is 2.92 bits per heavy atom. The average molecular weight is 168 g/mol. The van der Waals surface area contributed by atoms with Crippen LogP contribution < -0.4 is 0 Å². The molecule has 2 aliphatic rings. The van der Waals surface area contributed by atoms with E-state index >= 15 is 0 Å². The van der Waals surface area contributed by atoms with Crippen molar-refractivity contribution in [3.05, 3.63) is 12.2 Å². The second-order valence-corrected chi connectivity index (χ2v) is 4.08. The van der Waals surface area contributed by atoms with Crippen LogP contribution in [0.3, 0.4) is 0 Å². The maximum Gasteiger partial charge on any atom is 0.0776 e. The third kappa shape index (κ3) is 1.19. The van der Waals surface area contributed by atoms with Crippen LogP contribution in [-0.2, 0) is 0 Å². The fraction of sp³-hybridized carbons (Fsp3) is 0.800. The Labute approximate surface area is 72.9 Å². The molecule has 0 aromatic rings. The van der Waals surface area contributed by atoms with Gasteiger partial charge >= 0.3 is 0 Å². The van der Waals surface area contributed by atoms with E-state index < -0.39 is 11.7 Å². The first-order chi connectivity index (χ1) is 5.72. The van der Waals surface area contributed by atoms with Crippen molar-refractivity contribution < 1.29 is 10.2 Å². The van der Waals surface area contributed by atoms with Gasteiger partial charge in [0.2, 0.25) is 0 Å². The van der Waals surface area contributed by atoms with E-state index in [0.717, 1.165) is 32.1 Å². The summed E-state index contributed by atoms with van der Waals surface area (Å²) in [5.74, 6) is 0.0937. The van der Waals surface area contributed by atoms with Gasteiger partial charge in [0, 0.05) is 5.92 Å². The van der Waals surface area contributed by atoms with Crippen molar-refractivity contribution >= 4 is 0 Å². The van der Waals surface area contributed by atoms with Crippen molar-refractivity contribution in [3.63, 3.8) is 0 Å². The van der Waals surface area contributed by atoms with Gasteiger partial charge in [-0.3, -0.25) is 0 Å². The van der Waals surface area contributed by atoms with Crippen LogP contribution in [0.25, 0.3) is 0 Å². The van der Waals surface area contributed by atoms with E-state index in [1.54, 1.807) is 0 Å². The number of hydrogen-bond donors (Lipinski definition) is 2. The Balaban J connectivity index is 2.21. The molecule has 0 radical (unpaired) electrons. The summed E-state index contributed by atoms with van der Waals surface area (Å²) in [6.07, 6.45) is 8.14. The van der Waals surface area contributed by atoms with Crippen molar-refractivity contribution in [2.45, 2.75) is 43.8 Å². The van der Waals surface area contributed by atoms with E-state index in [2.05, 4.69) is 0 Å². The zero-order chi connectivity index (χ0) is 8.60. The van der Waals surface area contributed by atoms with E-state index in [-0.39, 0.29) is 5.92 Å². The maximum absolute atomic E-state index is 10.2. The SMILES string of the molecule is O[C@@H]1C=CC[C@@]2(O)CCCC[C@H]12. The highest BCUT2D eigenvalue weighted by atomic mass is 16.3. The molecule has 1 saturated carbocycles. The van der Waals surface area contributed by atoms with Crippen LogP contribution >= 0.6 is 0 Å². The molecule has 0 aromatic carbocycles. The molecule has 0 aliphatic heterocycles. The average Bonchev–Trinajstić information content (AvgIpc) is 2.04. The Morgan fingerprint density at radius 2 is 2.17 bits per heavy atom. The molecule has 2 aliphatic carbocycles. The van der Waals surface area contributed by atoms with Gasteiger partial charge in [0.1, 0.15) is 0 Å². The van der Waals surface area contributed by atoms with Crippen molar-refractivity contribution in [2.24, 2.45) is 5.92 Å². The Morgan fingerprint density at radius 1 is 1.33 bits per heavy atom. The quantitative estimate of drug-likeness (QED) is 0.534. The highest BCUT2D eigenvalue weighted by Gasteiger charge is 2.42. The molecule has 2 N–H and O–H groups in total. The van der Waals surface area contributed by atoms with Crippen LogP contribution in [0.1, 0.15) is 32.1 Å². The first-order valence-corrected chi connectivity index (χ1v) is 4.79. The lowest BCUT2D eigenvalue weighted by atomic mass is 9.68. The van der Waals surface area contributed by atoms with Crippen molar-refractivity contribution in [3.8, 4) is 0 Å². The summed E-state index contributed by atoms with van der Waals surface area (Å²) >= 11 is 0. The molecule has 0 amide bonds. The zero-order valence-corrected chi connectivity index (χ0v) is 7.24. The molecule has 0 unspecified atom stereocenters. The van der Waals surface area contributed by atoms with Gasteiger partial charge in [-0.1, -0.05) is 25.0 Å². The largest absolute Gasteiger partial charge is 0.389 e. The van der Waals surface area contributed by atoms with Crippen molar-refractivity contribution in [2.75, 3.05) is 0 Å². The molecule has 0 heterocycles. The Bertz CT molecular complexity index is 200. The molecule has 0 aromatic heterocycles. The minimum absolute atomic E-state index is 0.0937. The molecule has 0 bridgehead atoms.